The third-order valence-corrected chi connectivity index (χ3v) is 3.78. The molecule has 0 aromatic carbocycles. The van der Waals surface area contributed by atoms with Crippen LogP contribution in [-0.4, -0.2) is 5.25 Å². The molecule has 0 aromatic rings. The number of rotatable bonds is 3. The third kappa shape index (κ3) is 4.95. The third-order valence-electron chi connectivity index (χ3n) is 3.27. The summed E-state index contributed by atoms with van der Waals surface area (Å²) in [6.07, 6.45) is 12.8. The Labute approximate surface area is 88.9 Å². The Bertz CT molecular complexity index is 112. The Kier molecular flexibility index (Phi) is 5.93. The molecule has 1 aliphatic rings. The van der Waals surface area contributed by atoms with Gasteiger partial charge in [-0.05, 0) is 18.8 Å². The second kappa shape index (κ2) is 6.75. The molecule has 1 aliphatic carbocycles. The van der Waals surface area contributed by atoms with E-state index in [4.69, 9.17) is 0 Å². The van der Waals surface area contributed by atoms with E-state index < -0.39 is 0 Å². The van der Waals surface area contributed by atoms with Crippen LogP contribution in [-0.2, 0) is 0 Å². The van der Waals surface area contributed by atoms with Gasteiger partial charge in [0.25, 0.3) is 0 Å². The predicted octanol–water partition coefficient (Wildman–Crippen LogP) is 4.45. The highest BCUT2D eigenvalue weighted by molar-refractivity contribution is 7.80. The van der Waals surface area contributed by atoms with Crippen LogP contribution >= 0.6 is 12.6 Å². The summed E-state index contributed by atoms with van der Waals surface area (Å²) in [7, 11) is 0. The summed E-state index contributed by atoms with van der Waals surface area (Å²) >= 11 is 4.58. The van der Waals surface area contributed by atoms with Gasteiger partial charge in [-0.25, -0.2) is 0 Å². The van der Waals surface area contributed by atoms with Crippen LogP contribution in [0.2, 0.25) is 0 Å². The predicted molar refractivity (Wildman–Crippen MR) is 63.5 cm³/mol. The molecule has 0 aromatic heterocycles. The summed E-state index contributed by atoms with van der Waals surface area (Å²) in [5.41, 5.74) is 0. The SMILES string of the molecule is CCCCC1CCCC(S)CCC1. The Morgan fingerprint density at radius 3 is 2.23 bits per heavy atom. The Balaban J connectivity index is 2.16. The topological polar surface area (TPSA) is 0 Å². The van der Waals surface area contributed by atoms with Crippen molar-refractivity contribution in [1.29, 1.82) is 0 Å². The number of hydrogen-bond acceptors (Lipinski definition) is 1. The first-order chi connectivity index (χ1) is 6.33. The fraction of sp³-hybridized carbons (Fsp3) is 1.00. The van der Waals surface area contributed by atoms with E-state index in [0.717, 1.165) is 5.92 Å². The Morgan fingerprint density at radius 2 is 1.69 bits per heavy atom. The molecule has 0 aliphatic heterocycles. The van der Waals surface area contributed by atoms with Crippen LogP contribution in [0.1, 0.15) is 64.7 Å². The smallest absolute Gasteiger partial charge is 0.00168 e. The van der Waals surface area contributed by atoms with Crippen LogP contribution in [0.4, 0.5) is 0 Å². The maximum Gasteiger partial charge on any atom is 0.00168 e. The zero-order valence-electron chi connectivity index (χ0n) is 8.97. The van der Waals surface area contributed by atoms with E-state index in [1.807, 2.05) is 0 Å². The molecule has 1 rings (SSSR count). The fourth-order valence-electron chi connectivity index (χ4n) is 2.35. The quantitative estimate of drug-likeness (QED) is 0.640. The van der Waals surface area contributed by atoms with Crippen molar-refractivity contribution in [2.24, 2.45) is 5.92 Å². The van der Waals surface area contributed by atoms with E-state index >= 15 is 0 Å². The molecule has 0 N–H and O–H groups in total. The molecular formula is C12H24S. The first kappa shape index (κ1) is 11.4. The van der Waals surface area contributed by atoms with E-state index in [2.05, 4.69) is 19.6 Å². The van der Waals surface area contributed by atoms with Crippen molar-refractivity contribution >= 4 is 12.6 Å². The number of hydrogen-bond donors (Lipinski definition) is 1. The minimum absolute atomic E-state index is 0.701. The summed E-state index contributed by atoms with van der Waals surface area (Å²) in [4.78, 5) is 0. The molecule has 0 nitrogen and oxygen atoms in total. The molecule has 0 saturated heterocycles. The van der Waals surface area contributed by atoms with Gasteiger partial charge in [-0.15, -0.1) is 0 Å². The minimum atomic E-state index is 0.701. The van der Waals surface area contributed by atoms with Gasteiger partial charge in [0.15, 0.2) is 0 Å². The normalized spacial score (nSPS) is 30.9. The molecule has 1 saturated carbocycles. The molecule has 0 spiro atoms. The van der Waals surface area contributed by atoms with Gasteiger partial charge in [0.1, 0.15) is 0 Å². The average Bonchev–Trinajstić information content (AvgIpc) is 2.09. The first-order valence-electron chi connectivity index (χ1n) is 6.01. The van der Waals surface area contributed by atoms with Crippen LogP contribution < -0.4 is 0 Å². The van der Waals surface area contributed by atoms with E-state index in [9.17, 15) is 0 Å². The van der Waals surface area contributed by atoms with Crippen molar-refractivity contribution in [3.8, 4) is 0 Å². The molecule has 78 valence electrons. The van der Waals surface area contributed by atoms with Crippen LogP contribution in [0.15, 0.2) is 0 Å². The second-order valence-electron chi connectivity index (χ2n) is 4.52. The van der Waals surface area contributed by atoms with Gasteiger partial charge in [-0.1, -0.05) is 51.9 Å². The van der Waals surface area contributed by atoms with Gasteiger partial charge in [-0.2, -0.15) is 12.6 Å². The lowest BCUT2D eigenvalue weighted by Gasteiger charge is -2.21. The van der Waals surface area contributed by atoms with Gasteiger partial charge in [0.05, 0.1) is 0 Å². The van der Waals surface area contributed by atoms with E-state index in [1.54, 1.807) is 0 Å². The molecule has 1 fully saturated rings. The average molecular weight is 200 g/mol. The number of unbranched alkanes of at least 4 members (excludes halogenated alkanes) is 1. The van der Waals surface area contributed by atoms with Crippen molar-refractivity contribution in [1.82, 2.24) is 0 Å². The van der Waals surface area contributed by atoms with Gasteiger partial charge in [0.2, 0.25) is 0 Å². The van der Waals surface area contributed by atoms with Crippen molar-refractivity contribution in [2.75, 3.05) is 0 Å². The first-order valence-corrected chi connectivity index (χ1v) is 6.52. The summed E-state index contributed by atoms with van der Waals surface area (Å²) in [6, 6.07) is 0. The molecule has 13 heavy (non-hydrogen) atoms. The standard InChI is InChI=1S/C12H24S/c1-2-3-6-11-7-4-9-12(13)10-5-8-11/h11-13H,2-10H2,1H3. The molecule has 0 radical (unpaired) electrons. The van der Waals surface area contributed by atoms with Crippen molar-refractivity contribution in [3.63, 3.8) is 0 Å². The highest BCUT2D eigenvalue weighted by Gasteiger charge is 2.13. The molecule has 0 heterocycles. The number of thiol groups is 1. The fourth-order valence-corrected chi connectivity index (χ4v) is 2.72. The van der Waals surface area contributed by atoms with Crippen LogP contribution in [0.5, 0.6) is 0 Å². The lowest BCUT2D eigenvalue weighted by Crippen LogP contribution is -2.09. The maximum atomic E-state index is 4.58. The highest BCUT2D eigenvalue weighted by Crippen LogP contribution is 2.27. The van der Waals surface area contributed by atoms with E-state index in [1.165, 1.54) is 57.8 Å². The lowest BCUT2D eigenvalue weighted by atomic mass is 9.87. The van der Waals surface area contributed by atoms with E-state index in [0.29, 0.717) is 5.25 Å². The zero-order chi connectivity index (χ0) is 9.52. The molecule has 0 bridgehead atoms. The molecule has 0 atom stereocenters. The highest BCUT2D eigenvalue weighted by atomic mass is 32.1. The van der Waals surface area contributed by atoms with Crippen LogP contribution in [0, 0.1) is 5.92 Å². The summed E-state index contributed by atoms with van der Waals surface area (Å²) in [6.45, 7) is 2.30. The maximum absolute atomic E-state index is 4.58. The molecular weight excluding hydrogens is 176 g/mol. The molecule has 0 amide bonds. The van der Waals surface area contributed by atoms with Crippen LogP contribution in [0.25, 0.3) is 0 Å². The van der Waals surface area contributed by atoms with Gasteiger partial charge in [0, 0.05) is 5.25 Å². The Morgan fingerprint density at radius 1 is 1.08 bits per heavy atom. The second-order valence-corrected chi connectivity index (χ2v) is 5.25. The lowest BCUT2D eigenvalue weighted by molar-refractivity contribution is 0.354. The van der Waals surface area contributed by atoms with Crippen molar-refractivity contribution in [3.05, 3.63) is 0 Å². The summed E-state index contributed by atoms with van der Waals surface area (Å²) < 4.78 is 0. The summed E-state index contributed by atoms with van der Waals surface area (Å²) in [5.74, 6) is 1.04. The minimum Gasteiger partial charge on any atom is -0.176 e. The van der Waals surface area contributed by atoms with Crippen LogP contribution in [0.3, 0.4) is 0 Å². The van der Waals surface area contributed by atoms with Crippen molar-refractivity contribution < 1.29 is 0 Å². The largest absolute Gasteiger partial charge is 0.176 e. The van der Waals surface area contributed by atoms with Gasteiger partial charge < -0.3 is 0 Å². The zero-order valence-corrected chi connectivity index (χ0v) is 9.86. The van der Waals surface area contributed by atoms with Gasteiger partial charge >= 0.3 is 0 Å². The van der Waals surface area contributed by atoms with Crippen molar-refractivity contribution in [2.45, 2.75) is 70.0 Å². The molecule has 1 heteroatoms. The molecule has 0 unspecified atom stereocenters. The monoisotopic (exact) mass is 200 g/mol. The Hall–Kier alpha value is 0.350. The summed E-state index contributed by atoms with van der Waals surface area (Å²) in [5, 5.41) is 0.701. The van der Waals surface area contributed by atoms with Gasteiger partial charge in [-0.3, -0.25) is 0 Å². The van der Waals surface area contributed by atoms with E-state index in [-0.39, 0.29) is 0 Å².